The van der Waals surface area contributed by atoms with Crippen LogP contribution in [0.2, 0.25) is 5.02 Å². The average Bonchev–Trinajstić information content (AvgIpc) is 2.55. The Balaban J connectivity index is 1.65. The van der Waals surface area contributed by atoms with Crippen LogP contribution < -0.4 is 10.2 Å². The summed E-state index contributed by atoms with van der Waals surface area (Å²) in [5.74, 6) is 2.47. The minimum absolute atomic E-state index is 0.625. The van der Waals surface area contributed by atoms with Crippen molar-refractivity contribution in [3.8, 4) is 0 Å². The lowest BCUT2D eigenvalue weighted by Gasteiger charge is -2.31. The van der Waals surface area contributed by atoms with Crippen LogP contribution >= 0.6 is 11.6 Å². The summed E-state index contributed by atoms with van der Waals surface area (Å²) in [5, 5.41) is 4.02. The normalized spacial score (nSPS) is 15.8. The molecule has 0 saturated carbocycles. The summed E-state index contributed by atoms with van der Waals surface area (Å²) in [6, 6.07) is 9.79. The standard InChI is InChI=1S/C17H21ClN4/c1-13-7-10-22(11-8-13)16-6-9-19-17(21-16)20-12-14-4-2-3-5-15(14)18/h2-6,9,13H,7-8,10-12H2,1H3,(H,19,20,21). The number of hydrogen-bond acceptors (Lipinski definition) is 4. The molecule has 1 aliphatic rings. The predicted molar refractivity (Wildman–Crippen MR) is 91.4 cm³/mol. The summed E-state index contributed by atoms with van der Waals surface area (Å²) in [5.41, 5.74) is 1.05. The quantitative estimate of drug-likeness (QED) is 0.926. The van der Waals surface area contributed by atoms with Gasteiger partial charge in [0.2, 0.25) is 5.95 Å². The molecule has 22 heavy (non-hydrogen) atoms. The van der Waals surface area contributed by atoms with Gasteiger partial charge in [-0.1, -0.05) is 36.7 Å². The summed E-state index contributed by atoms with van der Waals surface area (Å²) in [7, 11) is 0. The lowest BCUT2D eigenvalue weighted by atomic mass is 9.99. The van der Waals surface area contributed by atoms with Gasteiger partial charge in [-0.3, -0.25) is 0 Å². The Kier molecular flexibility index (Phi) is 4.78. The number of anilines is 2. The Hall–Kier alpha value is -1.81. The van der Waals surface area contributed by atoms with Crippen LogP contribution in [0.5, 0.6) is 0 Å². The fourth-order valence-electron chi connectivity index (χ4n) is 2.66. The van der Waals surface area contributed by atoms with Gasteiger partial charge in [-0.15, -0.1) is 0 Å². The smallest absolute Gasteiger partial charge is 0.224 e. The highest BCUT2D eigenvalue weighted by molar-refractivity contribution is 6.31. The highest BCUT2D eigenvalue weighted by Gasteiger charge is 2.17. The number of aromatic nitrogens is 2. The zero-order chi connectivity index (χ0) is 15.4. The topological polar surface area (TPSA) is 41.1 Å². The molecule has 4 nitrogen and oxygen atoms in total. The van der Waals surface area contributed by atoms with Crippen LogP contribution in [0.4, 0.5) is 11.8 Å². The van der Waals surface area contributed by atoms with Crippen molar-refractivity contribution < 1.29 is 0 Å². The Labute approximate surface area is 136 Å². The number of nitrogens with zero attached hydrogens (tertiary/aromatic N) is 3. The van der Waals surface area contributed by atoms with E-state index in [2.05, 4.69) is 27.1 Å². The van der Waals surface area contributed by atoms with E-state index in [4.69, 9.17) is 11.6 Å². The average molecular weight is 317 g/mol. The number of hydrogen-bond donors (Lipinski definition) is 1. The fraction of sp³-hybridized carbons (Fsp3) is 0.412. The van der Waals surface area contributed by atoms with E-state index in [1.807, 2.05) is 36.5 Å². The van der Waals surface area contributed by atoms with Gasteiger partial charge in [0.25, 0.3) is 0 Å². The van der Waals surface area contributed by atoms with E-state index >= 15 is 0 Å². The van der Waals surface area contributed by atoms with Crippen molar-refractivity contribution in [2.24, 2.45) is 5.92 Å². The Morgan fingerprint density at radius 1 is 1.23 bits per heavy atom. The molecule has 116 valence electrons. The van der Waals surface area contributed by atoms with Crippen LogP contribution in [0.3, 0.4) is 0 Å². The van der Waals surface area contributed by atoms with Crippen molar-refractivity contribution in [3.63, 3.8) is 0 Å². The van der Waals surface area contributed by atoms with Crippen molar-refractivity contribution >= 4 is 23.4 Å². The second kappa shape index (κ2) is 6.97. The second-order valence-corrected chi connectivity index (χ2v) is 6.26. The van der Waals surface area contributed by atoms with E-state index < -0.39 is 0 Å². The molecule has 1 aromatic carbocycles. The van der Waals surface area contributed by atoms with Gasteiger partial charge in [0.1, 0.15) is 5.82 Å². The Morgan fingerprint density at radius 3 is 2.77 bits per heavy atom. The summed E-state index contributed by atoms with van der Waals surface area (Å²) in [6.07, 6.45) is 4.27. The first-order valence-electron chi connectivity index (χ1n) is 7.77. The molecular formula is C17H21ClN4. The highest BCUT2D eigenvalue weighted by atomic mass is 35.5. The van der Waals surface area contributed by atoms with E-state index in [1.165, 1.54) is 12.8 Å². The fourth-order valence-corrected chi connectivity index (χ4v) is 2.87. The maximum absolute atomic E-state index is 6.17. The highest BCUT2D eigenvalue weighted by Crippen LogP contribution is 2.22. The van der Waals surface area contributed by atoms with Gasteiger partial charge >= 0.3 is 0 Å². The predicted octanol–water partition coefficient (Wildman–Crippen LogP) is 3.98. The molecule has 1 fully saturated rings. The molecule has 1 saturated heterocycles. The molecule has 2 aromatic rings. The van der Waals surface area contributed by atoms with Gasteiger partial charge in [-0.2, -0.15) is 4.98 Å². The van der Waals surface area contributed by atoms with Crippen LogP contribution in [0.25, 0.3) is 0 Å². The monoisotopic (exact) mass is 316 g/mol. The van der Waals surface area contributed by atoms with E-state index in [0.29, 0.717) is 12.5 Å². The van der Waals surface area contributed by atoms with Crippen LogP contribution in [0, 0.1) is 5.92 Å². The third-order valence-electron chi connectivity index (χ3n) is 4.14. The van der Waals surface area contributed by atoms with Gasteiger partial charge in [0, 0.05) is 30.9 Å². The largest absolute Gasteiger partial charge is 0.356 e. The molecule has 0 radical (unpaired) electrons. The molecule has 5 heteroatoms. The molecule has 0 aliphatic carbocycles. The Bertz CT molecular complexity index is 624. The maximum atomic E-state index is 6.17. The summed E-state index contributed by atoms with van der Waals surface area (Å²) in [6.45, 7) is 5.08. The van der Waals surface area contributed by atoms with Crippen LogP contribution in [-0.2, 0) is 6.54 Å². The first kappa shape index (κ1) is 15.1. The minimum atomic E-state index is 0.625. The van der Waals surface area contributed by atoms with Crippen molar-refractivity contribution in [2.45, 2.75) is 26.3 Å². The third-order valence-corrected chi connectivity index (χ3v) is 4.51. The zero-order valence-corrected chi connectivity index (χ0v) is 13.6. The van der Waals surface area contributed by atoms with Crippen LogP contribution in [-0.4, -0.2) is 23.1 Å². The summed E-state index contributed by atoms with van der Waals surface area (Å²) < 4.78 is 0. The van der Waals surface area contributed by atoms with Crippen LogP contribution in [0.15, 0.2) is 36.5 Å². The first-order chi connectivity index (χ1) is 10.7. The van der Waals surface area contributed by atoms with Crippen molar-refractivity contribution in [2.75, 3.05) is 23.3 Å². The van der Waals surface area contributed by atoms with Gasteiger partial charge < -0.3 is 10.2 Å². The molecular weight excluding hydrogens is 296 g/mol. The number of benzene rings is 1. The number of piperidine rings is 1. The van der Waals surface area contributed by atoms with Gasteiger partial charge in [0.05, 0.1) is 0 Å². The number of rotatable bonds is 4. The van der Waals surface area contributed by atoms with Crippen molar-refractivity contribution in [1.82, 2.24) is 9.97 Å². The first-order valence-corrected chi connectivity index (χ1v) is 8.15. The molecule has 0 amide bonds. The molecule has 0 atom stereocenters. The molecule has 3 rings (SSSR count). The van der Waals surface area contributed by atoms with E-state index in [9.17, 15) is 0 Å². The summed E-state index contributed by atoms with van der Waals surface area (Å²) in [4.78, 5) is 11.3. The molecule has 2 heterocycles. The Morgan fingerprint density at radius 2 is 2.00 bits per heavy atom. The number of nitrogens with one attached hydrogen (secondary N) is 1. The molecule has 0 unspecified atom stereocenters. The van der Waals surface area contributed by atoms with Crippen molar-refractivity contribution in [1.29, 1.82) is 0 Å². The summed E-state index contributed by atoms with van der Waals surface area (Å²) >= 11 is 6.17. The van der Waals surface area contributed by atoms with Crippen molar-refractivity contribution in [3.05, 3.63) is 47.1 Å². The van der Waals surface area contributed by atoms with E-state index in [1.54, 1.807) is 0 Å². The maximum Gasteiger partial charge on any atom is 0.224 e. The minimum Gasteiger partial charge on any atom is -0.356 e. The molecule has 1 N–H and O–H groups in total. The molecule has 0 bridgehead atoms. The lowest BCUT2D eigenvalue weighted by molar-refractivity contribution is 0.436. The lowest BCUT2D eigenvalue weighted by Crippen LogP contribution is -2.33. The van der Waals surface area contributed by atoms with Gasteiger partial charge in [-0.05, 0) is 36.5 Å². The molecule has 1 aliphatic heterocycles. The second-order valence-electron chi connectivity index (χ2n) is 5.85. The number of halogens is 1. The SMILES string of the molecule is CC1CCN(c2ccnc(NCc3ccccc3Cl)n2)CC1. The van der Waals surface area contributed by atoms with Gasteiger partial charge in [0.15, 0.2) is 0 Å². The zero-order valence-electron chi connectivity index (χ0n) is 12.8. The third kappa shape index (κ3) is 3.69. The van der Waals surface area contributed by atoms with Gasteiger partial charge in [-0.25, -0.2) is 4.98 Å². The van der Waals surface area contributed by atoms with E-state index in [0.717, 1.165) is 35.4 Å². The van der Waals surface area contributed by atoms with Crippen LogP contribution in [0.1, 0.15) is 25.3 Å². The molecule has 1 aromatic heterocycles. The molecule has 0 spiro atoms. The van der Waals surface area contributed by atoms with E-state index in [-0.39, 0.29) is 0 Å².